The maximum absolute atomic E-state index is 12.7. The Morgan fingerprint density at radius 2 is 1.79 bits per heavy atom. The van der Waals surface area contributed by atoms with Crippen LogP contribution in [0, 0.1) is 12.3 Å². The average molecular weight is 414 g/mol. The minimum atomic E-state index is -4.08. The normalized spacial score (nSPS) is 15.2. The summed E-state index contributed by atoms with van der Waals surface area (Å²) < 4.78 is 36.6. The van der Waals surface area contributed by atoms with E-state index in [4.69, 9.17) is 19.7 Å². The van der Waals surface area contributed by atoms with E-state index in [-0.39, 0.29) is 16.2 Å². The van der Waals surface area contributed by atoms with Gasteiger partial charge in [0.1, 0.15) is 11.5 Å². The van der Waals surface area contributed by atoms with E-state index in [0.717, 1.165) is 23.8 Å². The molecule has 0 unspecified atom stereocenters. The van der Waals surface area contributed by atoms with Crippen LogP contribution in [-0.2, 0) is 15.0 Å². The third-order valence-corrected chi connectivity index (χ3v) is 6.10. The van der Waals surface area contributed by atoms with Gasteiger partial charge in [0.15, 0.2) is 5.03 Å². The molecule has 2 N–H and O–H groups in total. The lowest BCUT2D eigenvalue weighted by Gasteiger charge is -2.16. The summed E-state index contributed by atoms with van der Waals surface area (Å²) in [4.78, 5) is 8.97. The number of rotatable bonds is 8. The summed E-state index contributed by atoms with van der Waals surface area (Å²) in [5.74, 6) is 5.89. The average Bonchev–Trinajstić information content (AvgIpc) is 3.45. The van der Waals surface area contributed by atoms with Crippen LogP contribution < -0.4 is 14.8 Å². The monoisotopic (exact) mass is 414 g/mol. The Hall–Kier alpha value is -2.68. The van der Waals surface area contributed by atoms with Crippen molar-refractivity contribution < 1.29 is 22.2 Å². The number of aryl methyl sites for hydroxylation is 1. The van der Waals surface area contributed by atoms with Gasteiger partial charge in [-0.3, -0.25) is 0 Å². The van der Waals surface area contributed by atoms with Crippen molar-refractivity contribution in [3.63, 3.8) is 0 Å². The third-order valence-electron chi connectivity index (χ3n) is 4.95. The molecule has 0 saturated heterocycles. The molecule has 1 heterocycles. The molecule has 0 atom stereocenters. The summed E-state index contributed by atoms with van der Waals surface area (Å²) in [6.45, 7) is 2.73. The topological polar surface area (TPSA) is 101 Å². The second kappa shape index (κ2) is 7.62. The quantitative estimate of drug-likeness (QED) is 0.445. The Labute approximate surface area is 169 Å². The second-order valence-electron chi connectivity index (χ2n) is 7.46. The summed E-state index contributed by atoms with van der Waals surface area (Å²) in [5, 5.41) is 0.713. The number of hydrogen-bond donors (Lipinski definition) is 1. The molecule has 1 aromatic heterocycles. The first kappa shape index (κ1) is 19.6. The minimum absolute atomic E-state index is 0.0550. The number of ether oxygens (including phenoxy) is 1. The van der Waals surface area contributed by atoms with Crippen LogP contribution in [0.15, 0.2) is 59.6 Å². The molecule has 3 aromatic rings. The van der Waals surface area contributed by atoms with Crippen molar-refractivity contribution >= 4 is 21.0 Å². The maximum Gasteiger partial charge on any atom is 0.356 e. The Kier molecular flexibility index (Phi) is 5.16. The van der Waals surface area contributed by atoms with Gasteiger partial charge < -0.3 is 13.8 Å². The highest BCUT2D eigenvalue weighted by atomic mass is 32.2. The van der Waals surface area contributed by atoms with E-state index in [0.29, 0.717) is 24.5 Å². The minimum Gasteiger partial charge on any atom is -0.493 e. The fourth-order valence-electron chi connectivity index (χ4n) is 3.12. The standard InChI is InChI=1S/C21H22N2O5S/c1-15-10-17(26-13-21(8-9-21)14-27-22)12-18(11-15)28-29(24,25)20-7-6-16-4-2-3-5-19(16)23-20/h2-7,10-12H,8-9,13-14,22H2,1H3. The van der Waals surface area contributed by atoms with Crippen molar-refractivity contribution in [2.75, 3.05) is 13.2 Å². The summed E-state index contributed by atoms with van der Waals surface area (Å²) >= 11 is 0. The largest absolute Gasteiger partial charge is 0.493 e. The fraction of sp³-hybridized carbons (Fsp3) is 0.286. The second-order valence-corrected chi connectivity index (χ2v) is 8.95. The smallest absolute Gasteiger partial charge is 0.356 e. The van der Waals surface area contributed by atoms with E-state index in [9.17, 15) is 8.42 Å². The SMILES string of the molecule is Cc1cc(OCC2(CON)CC2)cc(OS(=O)(=O)c2ccc3ccccc3n2)c1. The van der Waals surface area contributed by atoms with Crippen molar-refractivity contribution in [3.8, 4) is 11.5 Å². The lowest BCUT2D eigenvalue weighted by atomic mass is 10.1. The lowest BCUT2D eigenvalue weighted by molar-refractivity contribution is 0.0675. The number of aromatic nitrogens is 1. The Balaban J connectivity index is 1.53. The number of hydrogen-bond acceptors (Lipinski definition) is 7. The van der Waals surface area contributed by atoms with E-state index in [1.165, 1.54) is 6.07 Å². The van der Waals surface area contributed by atoms with E-state index < -0.39 is 10.1 Å². The molecule has 0 aliphatic heterocycles. The molecular formula is C21H22N2O5S. The van der Waals surface area contributed by atoms with Crippen LogP contribution in [0.5, 0.6) is 11.5 Å². The van der Waals surface area contributed by atoms with Gasteiger partial charge in [-0.05, 0) is 55.7 Å². The zero-order chi connectivity index (χ0) is 20.5. The zero-order valence-corrected chi connectivity index (χ0v) is 16.8. The van der Waals surface area contributed by atoms with Gasteiger partial charge in [-0.2, -0.15) is 8.42 Å². The van der Waals surface area contributed by atoms with Crippen molar-refractivity contribution in [2.24, 2.45) is 11.3 Å². The molecule has 7 nitrogen and oxygen atoms in total. The number of pyridine rings is 1. The van der Waals surface area contributed by atoms with Gasteiger partial charge in [0.05, 0.1) is 18.7 Å². The molecule has 0 amide bonds. The fourth-order valence-corrected chi connectivity index (χ4v) is 4.00. The van der Waals surface area contributed by atoms with Crippen LogP contribution in [0.2, 0.25) is 0 Å². The van der Waals surface area contributed by atoms with Gasteiger partial charge in [0.2, 0.25) is 0 Å². The Bertz CT molecular complexity index is 1140. The molecule has 1 aliphatic carbocycles. The predicted molar refractivity (Wildman–Crippen MR) is 108 cm³/mol. The van der Waals surface area contributed by atoms with Gasteiger partial charge in [-0.1, -0.05) is 18.2 Å². The molecule has 0 bridgehead atoms. The molecule has 1 aliphatic rings. The first-order chi connectivity index (χ1) is 13.9. The van der Waals surface area contributed by atoms with Crippen molar-refractivity contribution in [1.29, 1.82) is 0 Å². The van der Waals surface area contributed by atoms with Crippen LogP contribution >= 0.6 is 0 Å². The molecule has 1 fully saturated rings. The summed E-state index contributed by atoms with van der Waals surface area (Å²) in [7, 11) is -4.08. The Morgan fingerprint density at radius 3 is 2.55 bits per heavy atom. The van der Waals surface area contributed by atoms with Crippen LogP contribution in [0.1, 0.15) is 18.4 Å². The molecule has 29 heavy (non-hydrogen) atoms. The first-order valence-corrected chi connectivity index (χ1v) is 10.7. The molecule has 2 aromatic carbocycles. The maximum atomic E-state index is 12.7. The highest BCUT2D eigenvalue weighted by Crippen LogP contribution is 2.46. The van der Waals surface area contributed by atoms with Crippen LogP contribution in [0.3, 0.4) is 0 Å². The zero-order valence-electron chi connectivity index (χ0n) is 16.0. The molecule has 0 radical (unpaired) electrons. The number of para-hydroxylation sites is 1. The number of fused-ring (bicyclic) bond motifs is 1. The predicted octanol–water partition coefficient (Wildman–Crippen LogP) is 3.36. The summed E-state index contributed by atoms with van der Waals surface area (Å²) in [5.41, 5.74) is 1.35. The van der Waals surface area contributed by atoms with E-state index >= 15 is 0 Å². The van der Waals surface area contributed by atoms with Crippen molar-refractivity contribution in [3.05, 3.63) is 60.2 Å². The van der Waals surface area contributed by atoms with Crippen molar-refractivity contribution in [2.45, 2.75) is 24.8 Å². The summed E-state index contributed by atoms with van der Waals surface area (Å²) in [6.07, 6.45) is 1.97. The summed E-state index contributed by atoms with van der Waals surface area (Å²) in [6, 6.07) is 15.5. The van der Waals surface area contributed by atoms with E-state index in [1.807, 2.05) is 25.1 Å². The number of benzene rings is 2. The highest BCUT2D eigenvalue weighted by molar-refractivity contribution is 7.87. The van der Waals surface area contributed by atoms with E-state index in [2.05, 4.69) is 4.98 Å². The lowest BCUT2D eigenvalue weighted by Crippen LogP contribution is -2.21. The van der Waals surface area contributed by atoms with Crippen LogP contribution in [0.4, 0.5) is 0 Å². The first-order valence-electron chi connectivity index (χ1n) is 9.26. The third kappa shape index (κ3) is 4.50. The number of nitrogens with zero attached hydrogens (tertiary/aromatic N) is 1. The molecule has 0 spiro atoms. The molecule has 152 valence electrons. The van der Waals surface area contributed by atoms with Crippen molar-refractivity contribution in [1.82, 2.24) is 4.98 Å². The Morgan fingerprint density at radius 1 is 1.03 bits per heavy atom. The van der Waals surface area contributed by atoms with Crippen LogP contribution in [-0.4, -0.2) is 26.6 Å². The number of nitrogens with two attached hydrogens (primary N) is 1. The van der Waals surface area contributed by atoms with Gasteiger partial charge in [0, 0.05) is 16.9 Å². The van der Waals surface area contributed by atoms with Gasteiger partial charge in [0.25, 0.3) is 0 Å². The molecule has 8 heteroatoms. The van der Waals surface area contributed by atoms with E-state index in [1.54, 1.807) is 30.3 Å². The van der Waals surface area contributed by atoms with Gasteiger partial charge in [-0.15, -0.1) is 0 Å². The highest BCUT2D eigenvalue weighted by Gasteiger charge is 2.44. The molecule has 4 rings (SSSR count). The van der Waals surface area contributed by atoms with Gasteiger partial charge >= 0.3 is 10.1 Å². The van der Waals surface area contributed by atoms with Gasteiger partial charge in [-0.25, -0.2) is 10.9 Å². The van der Waals surface area contributed by atoms with Crippen LogP contribution in [0.25, 0.3) is 10.9 Å². The molecule has 1 saturated carbocycles. The molecular weight excluding hydrogens is 392 g/mol.